The lowest BCUT2D eigenvalue weighted by atomic mass is 10.1. The van der Waals surface area contributed by atoms with Crippen LogP contribution in [0.3, 0.4) is 0 Å². The Kier molecular flexibility index (Phi) is 5.72. The van der Waals surface area contributed by atoms with E-state index in [1.807, 2.05) is 48.5 Å². The first-order chi connectivity index (χ1) is 10.2. The number of hydrogen-bond donors (Lipinski definition) is 2. The van der Waals surface area contributed by atoms with E-state index in [-0.39, 0.29) is 12.5 Å². The molecule has 4 heteroatoms. The van der Waals surface area contributed by atoms with Crippen LogP contribution in [0.2, 0.25) is 0 Å². The van der Waals surface area contributed by atoms with Gasteiger partial charge in [0.05, 0.1) is 6.61 Å². The largest absolute Gasteiger partial charge is 0.392 e. The third-order valence-corrected chi connectivity index (χ3v) is 3.47. The van der Waals surface area contributed by atoms with Gasteiger partial charge >= 0.3 is 0 Å². The Morgan fingerprint density at radius 2 is 1.86 bits per heavy atom. The Morgan fingerprint density at radius 1 is 1.14 bits per heavy atom. The highest BCUT2D eigenvalue weighted by molar-refractivity contribution is 9.10. The first-order valence-electron chi connectivity index (χ1n) is 6.57. The number of aliphatic hydroxyl groups is 1. The molecule has 21 heavy (non-hydrogen) atoms. The molecule has 0 aromatic heterocycles. The third kappa shape index (κ3) is 5.17. The van der Waals surface area contributed by atoms with Gasteiger partial charge in [-0.15, -0.1) is 0 Å². The molecule has 0 spiro atoms. The summed E-state index contributed by atoms with van der Waals surface area (Å²) in [6.45, 7) is 0.447. The van der Waals surface area contributed by atoms with Crippen molar-refractivity contribution >= 4 is 27.9 Å². The summed E-state index contributed by atoms with van der Waals surface area (Å²) >= 11 is 3.37. The van der Waals surface area contributed by atoms with Crippen molar-refractivity contribution < 1.29 is 9.90 Å². The number of halogens is 1. The van der Waals surface area contributed by atoms with Crippen molar-refractivity contribution in [3.8, 4) is 0 Å². The van der Waals surface area contributed by atoms with Crippen LogP contribution in [0.1, 0.15) is 16.7 Å². The van der Waals surface area contributed by atoms with Crippen LogP contribution >= 0.6 is 15.9 Å². The van der Waals surface area contributed by atoms with Gasteiger partial charge < -0.3 is 10.4 Å². The molecule has 108 valence electrons. The van der Waals surface area contributed by atoms with Crippen molar-refractivity contribution in [3.05, 3.63) is 75.8 Å². The van der Waals surface area contributed by atoms with E-state index in [9.17, 15) is 4.79 Å². The van der Waals surface area contributed by atoms with Gasteiger partial charge in [-0.25, -0.2) is 0 Å². The van der Waals surface area contributed by atoms with Gasteiger partial charge in [0.25, 0.3) is 0 Å². The number of carbonyl (C=O) groups excluding carboxylic acids is 1. The van der Waals surface area contributed by atoms with Gasteiger partial charge in [0.2, 0.25) is 5.91 Å². The van der Waals surface area contributed by atoms with Crippen LogP contribution in [-0.4, -0.2) is 11.0 Å². The van der Waals surface area contributed by atoms with E-state index in [1.165, 1.54) is 6.08 Å². The Hall–Kier alpha value is -1.91. The average Bonchev–Trinajstić information content (AvgIpc) is 2.52. The molecule has 0 aliphatic rings. The number of aliphatic hydroxyl groups excluding tert-OH is 1. The predicted octanol–water partition coefficient (Wildman–Crippen LogP) is 3.27. The molecule has 0 atom stereocenters. The summed E-state index contributed by atoms with van der Waals surface area (Å²) in [5, 5.41) is 11.9. The molecule has 0 aliphatic carbocycles. The lowest BCUT2D eigenvalue weighted by molar-refractivity contribution is -0.116. The second kappa shape index (κ2) is 7.76. The lowest BCUT2D eigenvalue weighted by Crippen LogP contribution is -2.20. The van der Waals surface area contributed by atoms with Crippen LogP contribution < -0.4 is 5.32 Å². The lowest BCUT2D eigenvalue weighted by Gasteiger charge is -2.04. The fraction of sp³-hybridized carbons (Fsp3) is 0.118. The highest BCUT2D eigenvalue weighted by atomic mass is 79.9. The molecule has 0 fully saturated rings. The quantitative estimate of drug-likeness (QED) is 0.817. The first-order valence-corrected chi connectivity index (χ1v) is 7.37. The summed E-state index contributed by atoms with van der Waals surface area (Å²) in [5.74, 6) is -0.146. The maximum Gasteiger partial charge on any atom is 0.244 e. The first kappa shape index (κ1) is 15.5. The van der Waals surface area contributed by atoms with E-state index in [0.29, 0.717) is 6.54 Å². The number of nitrogens with one attached hydrogen (secondary N) is 1. The molecule has 2 N–H and O–H groups in total. The Bertz CT molecular complexity index is 635. The van der Waals surface area contributed by atoms with Gasteiger partial charge in [0, 0.05) is 17.1 Å². The van der Waals surface area contributed by atoms with Gasteiger partial charge in [0.1, 0.15) is 0 Å². The molecule has 2 rings (SSSR count). The van der Waals surface area contributed by atoms with E-state index < -0.39 is 0 Å². The Balaban J connectivity index is 1.88. The minimum Gasteiger partial charge on any atom is -0.392 e. The van der Waals surface area contributed by atoms with Crippen LogP contribution in [0.4, 0.5) is 0 Å². The zero-order chi connectivity index (χ0) is 15.1. The van der Waals surface area contributed by atoms with E-state index in [4.69, 9.17) is 5.11 Å². The molecular weight excluding hydrogens is 330 g/mol. The van der Waals surface area contributed by atoms with Crippen LogP contribution in [0.25, 0.3) is 6.08 Å². The molecule has 3 nitrogen and oxygen atoms in total. The molecule has 0 heterocycles. The molecule has 2 aromatic carbocycles. The highest BCUT2D eigenvalue weighted by Gasteiger charge is 1.98. The highest BCUT2D eigenvalue weighted by Crippen LogP contribution is 2.11. The number of benzene rings is 2. The van der Waals surface area contributed by atoms with E-state index in [2.05, 4.69) is 21.2 Å². The summed E-state index contributed by atoms with van der Waals surface area (Å²) < 4.78 is 1.01. The molecule has 0 unspecified atom stereocenters. The summed E-state index contributed by atoms with van der Waals surface area (Å²) in [5.41, 5.74) is 2.77. The van der Waals surface area contributed by atoms with Gasteiger partial charge in [-0.3, -0.25) is 4.79 Å². The number of carbonyl (C=O) groups is 1. The average molecular weight is 346 g/mol. The van der Waals surface area contributed by atoms with Crippen molar-refractivity contribution in [2.24, 2.45) is 0 Å². The normalized spacial score (nSPS) is 10.8. The molecule has 1 amide bonds. The summed E-state index contributed by atoms with van der Waals surface area (Å²) in [4.78, 5) is 11.8. The van der Waals surface area contributed by atoms with Crippen LogP contribution in [0, 0.1) is 0 Å². The van der Waals surface area contributed by atoms with Gasteiger partial charge in [-0.2, -0.15) is 0 Å². The fourth-order valence-corrected chi connectivity index (χ4v) is 2.10. The summed E-state index contributed by atoms with van der Waals surface area (Å²) in [6, 6.07) is 15.2. The van der Waals surface area contributed by atoms with E-state index in [0.717, 1.165) is 21.2 Å². The molecule has 0 saturated carbocycles. The molecule has 0 saturated heterocycles. The zero-order valence-electron chi connectivity index (χ0n) is 11.4. The van der Waals surface area contributed by atoms with Crippen LogP contribution in [-0.2, 0) is 17.9 Å². The Labute approximate surface area is 132 Å². The van der Waals surface area contributed by atoms with Gasteiger partial charge in [-0.1, -0.05) is 52.3 Å². The topological polar surface area (TPSA) is 49.3 Å². The van der Waals surface area contributed by atoms with Gasteiger partial charge in [0.15, 0.2) is 0 Å². The molecule has 2 aromatic rings. The predicted molar refractivity (Wildman–Crippen MR) is 87.4 cm³/mol. The number of amides is 1. The number of hydrogen-bond acceptors (Lipinski definition) is 2. The van der Waals surface area contributed by atoms with Crippen molar-refractivity contribution in [1.29, 1.82) is 0 Å². The summed E-state index contributed by atoms with van der Waals surface area (Å²) in [6.07, 6.45) is 3.28. The monoisotopic (exact) mass is 345 g/mol. The van der Waals surface area contributed by atoms with E-state index >= 15 is 0 Å². The van der Waals surface area contributed by atoms with Crippen molar-refractivity contribution in [1.82, 2.24) is 5.32 Å². The molecule has 0 aliphatic heterocycles. The minimum atomic E-state index is -0.146. The van der Waals surface area contributed by atoms with Crippen molar-refractivity contribution in [2.75, 3.05) is 0 Å². The maximum absolute atomic E-state index is 11.8. The van der Waals surface area contributed by atoms with Crippen LogP contribution in [0.5, 0.6) is 0 Å². The third-order valence-electron chi connectivity index (χ3n) is 2.94. The minimum absolute atomic E-state index is 0.00521. The van der Waals surface area contributed by atoms with Gasteiger partial charge in [-0.05, 0) is 34.9 Å². The zero-order valence-corrected chi connectivity index (χ0v) is 13.0. The summed E-state index contributed by atoms with van der Waals surface area (Å²) in [7, 11) is 0. The van der Waals surface area contributed by atoms with Crippen molar-refractivity contribution in [3.63, 3.8) is 0 Å². The van der Waals surface area contributed by atoms with Crippen LogP contribution in [0.15, 0.2) is 59.1 Å². The SMILES string of the molecule is O=C(C=Cc1ccc(Br)cc1)NCc1cccc(CO)c1. The molecular formula is C17H16BrNO2. The second-order valence-corrected chi connectivity index (χ2v) is 5.50. The standard InChI is InChI=1S/C17H16BrNO2/c18-16-7-4-13(5-8-16)6-9-17(21)19-11-14-2-1-3-15(10-14)12-20/h1-10,20H,11-12H2,(H,19,21). The maximum atomic E-state index is 11.8. The second-order valence-electron chi connectivity index (χ2n) is 4.58. The smallest absolute Gasteiger partial charge is 0.244 e. The Morgan fingerprint density at radius 3 is 2.57 bits per heavy atom. The number of rotatable bonds is 5. The van der Waals surface area contributed by atoms with E-state index in [1.54, 1.807) is 6.08 Å². The van der Waals surface area contributed by atoms with Crippen molar-refractivity contribution in [2.45, 2.75) is 13.2 Å². The molecule has 0 bridgehead atoms. The molecule has 0 radical (unpaired) electrons. The fourth-order valence-electron chi connectivity index (χ4n) is 1.83.